The molecule has 2 saturated carbocycles. The van der Waals surface area contributed by atoms with Gasteiger partial charge in [0, 0.05) is 17.8 Å². The van der Waals surface area contributed by atoms with Gasteiger partial charge in [0.05, 0.1) is 43.0 Å². The average molecular weight is 1020 g/mol. The Balaban J connectivity index is 0.929. The van der Waals surface area contributed by atoms with E-state index >= 15 is 0 Å². The maximum Gasteiger partial charge on any atom is 0.407 e. The summed E-state index contributed by atoms with van der Waals surface area (Å²) in [5, 5.41) is 5.68. The molecule has 4 fully saturated rings. The number of ether oxygens (including phenoxy) is 2. The van der Waals surface area contributed by atoms with E-state index in [0.29, 0.717) is 23.7 Å². The van der Waals surface area contributed by atoms with Gasteiger partial charge < -0.3 is 39.9 Å². The first-order chi connectivity index (χ1) is 35.5. The number of aromatic amines is 2. The lowest BCUT2D eigenvalue weighted by molar-refractivity contribution is -0.139. The van der Waals surface area contributed by atoms with E-state index in [-0.39, 0.29) is 47.8 Å². The number of imidazole rings is 2. The maximum atomic E-state index is 14.4. The van der Waals surface area contributed by atoms with E-state index in [1.807, 2.05) is 27.7 Å². The summed E-state index contributed by atoms with van der Waals surface area (Å²) in [6, 6.07) is 5.27. The molecule has 0 radical (unpaired) electrons. The molecule has 0 bridgehead atoms. The largest absolute Gasteiger partial charge is 0.453 e. The molecule has 2 aromatic heterocycles. The van der Waals surface area contributed by atoms with Crippen molar-refractivity contribution in [2.75, 3.05) is 14.2 Å². The van der Waals surface area contributed by atoms with Crippen molar-refractivity contribution >= 4 is 41.1 Å². The summed E-state index contributed by atoms with van der Waals surface area (Å²) >= 11 is 0. The molecule has 14 heteroatoms. The van der Waals surface area contributed by atoms with Gasteiger partial charge in [0.15, 0.2) is 0 Å². The number of aryl methyl sites for hydroxylation is 1. The summed E-state index contributed by atoms with van der Waals surface area (Å²) in [5.74, 6) is 3.27. The van der Waals surface area contributed by atoms with Crippen molar-refractivity contribution in [1.29, 1.82) is 0 Å². The Labute approximate surface area is 441 Å². The van der Waals surface area contributed by atoms with Crippen LogP contribution in [0.4, 0.5) is 9.59 Å². The van der Waals surface area contributed by atoms with Crippen molar-refractivity contribution < 1.29 is 28.7 Å². The average Bonchev–Trinajstić information content (AvgIpc) is 4.18. The zero-order chi connectivity index (χ0) is 52.8. The van der Waals surface area contributed by atoms with Gasteiger partial charge in [0.25, 0.3) is 0 Å². The summed E-state index contributed by atoms with van der Waals surface area (Å²) in [6.07, 6.45) is 24.6. The van der Waals surface area contributed by atoms with Crippen molar-refractivity contribution in [1.82, 2.24) is 40.4 Å². The highest BCUT2D eigenvalue weighted by Gasteiger charge is 2.50. The van der Waals surface area contributed by atoms with E-state index in [0.717, 1.165) is 137 Å². The molecule has 1 aromatic carbocycles. The van der Waals surface area contributed by atoms with Crippen molar-refractivity contribution in [3.05, 3.63) is 75.7 Å². The normalized spacial score (nSPS) is 28.5. The fourth-order valence-electron chi connectivity index (χ4n) is 13.4. The van der Waals surface area contributed by atoms with Gasteiger partial charge in [-0.1, -0.05) is 102 Å². The predicted molar refractivity (Wildman–Crippen MR) is 292 cm³/mol. The van der Waals surface area contributed by atoms with Gasteiger partial charge in [-0.05, 0) is 164 Å². The summed E-state index contributed by atoms with van der Waals surface area (Å²) in [4.78, 5) is 75.3. The van der Waals surface area contributed by atoms with Gasteiger partial charge in [0.1, 0.15) is 23.7 Å². The molecule has 3 aromatic rings. The van der Waals surface area contributed by atoms with Crippen LogP contribution in [0.3, 0.4) is 0 Å². The van der Waals surface area contributed by atoms with Gasteiger partial charge in [-0.25, -0.2) is 19.6 Å². The Hall–Kier alpha value is -5.40. The van der Waals surface area contributed by atoms with Gasteiger partial charge in [-0.2, -0.15) is 0 Å². The highest BCUT2D eigenvalue weighted by Crippen LogP contribution is 2.48. The zero-order valence-corrected chi connectivity index (χ0v) is 46.4. The second-order valence-corrected chi connectivity index (χ2v) is 23.8. The second-order valence-electron chi connectivity index (χ2n) is 23.8. The number of amides is 4. The SMILES string of the molecule is COC(=O)NC(C(=O)N1C(c2nc(/C=C\C/C3=C(/C)CC/C(C)=C/CC(Cc4ccc5nc(C6CC7CCCCC7N6C(=O)C(NC(=O)OC)C(C)C)[nH]c5c4)CC[C@H](C)C3)c(C)[nH]2)CC2CCCCC21)C(C)C. The highest BCUT2D eigenvalue weighted by molar-refractivity contribution is 5.88. The number of methoxy groups -OCH3 is 2. The van der Waals surface area contributed by atoms with Gasteiger partial charge >= 0.3 is 12.2 Å². The lowest BCUT2D eigenvalue weighted by atomic mass is 9.84. The van der Waals surface area contributed by atoms with Crippen LogP contribution in [0.25, 0.3) is 17.1 Å². The lowest BCUT2D eigenvalue weighted by Gasteiger charge is -2.36. The number of hydrogen-bond donors (Lipinski definition) is 4. The minimum atomic E-state index is -0.674. The number of allylic oxidation sites excluding steroid dienone is 5. The number of rotatable bonds is 13. The maximum absolute atomic E-state index is 14.4. The van der Waals surface area contributed by atoms with Crippen LogP contribution in [0.15, 0.2) is 47.1 Å². The molecule has 4 heterocycles. The number of likely N-dealkylation sites (tertiary alicyclic amines) is 2. The van der Waals surface area contributed by atoms with E-state index in [1.165, 1.54) is 49.3 Å². The number of H-pyrrole nitrogens is 2. The third kappa shape index (κ3) is 12.6. The van der Waals surface area contributed by atoms with E-state index in [1.54, 1.807) is 0 Å². The van der Waals surface area contributed by atoms with Crippen LogP contribution in [0.5, 0.6) is 0 Å². The molecule has 74 heavy (non-hydrogen) atoms. The first-order valence-corrected chi connectivity index (χ1v) is 28.4. The molecular formula is C60H88N8O6. The monoisotopic (exact) mass is 1020 g/mol. The Morgan fingerprint density at radius 1 is 0.757 bits per heavy atom. The van der Waals surface area contributed by atoms with Crippen molar-refractivity contribution in [3.8, 4) is 0 Å². The Bertz CT molecular complexity index is 2550. The van der Waals surface area contributed by atoms with E-state index in [9.17, 15) is 19.2 Å². The number of fused-ring (bicyclic) bond motifs is 3. The second kappa shape index (κ2) is 24.5. The van der Waals surface area contributed by atoms with Gasteiger partial charge in [0.2, 0.25) is 11.8 Å². The summed E-state index contributed by atoms with van der Waals surface area (Å²) in [6.45, 7) is 17.0. The number of alkyl carbamates (subject to hydrolysis) is 2. The minimum Gasteiger partial charge on any atom is -0.453 e. The molecule has 3 aliphatic carbocycles. The predicted octanol–water partition coefficient (Wildman–Crippen LogP) is 12.5. The molecule has 10 atom stereocenters. The van der Waals surface area contributed by atoms with Crippen LogP contribution < -0.4 is 10.6 Å². The van der Waals surface area contributed by atoms with Crippen LogP contribution in [0.2, 0.25) is 0 Å². The number of nitrogens with zero attached hydrogens (tertiary/aromatic N) is 4. The van der Waals surface area contributed by atoms with Gasteiger partial charge in [-0.3, -0.25) is 9.59 Å². The van der Waals surface area contributed by atoms with E-state index in [2.05, 4.69) is 94.5 Å². The van der Waals surface area contributed by atoms with Crippen LogP contribution >= 0.6 is 0 Å². The zero-order valence-electron chi connectivity index (χ0n) is 46.4. The summed E-state index contributed by atoms with van der Waals surface area (Å²) in [5.41, 5.74) is 9.61. The van der Waals surface area contributed by atoms with Crippen LogP contribution in [-0.2, 0) is 25.5 Å². The third-order valence-corrected chi connectivity index (χ3v) is 17.7. The Morgan fingerprint density at radius 2 is 1.34 bits per heavy atom. The topological polar surface area (TPSA) is 175 Å². The quantitative estimate of drug-likeness (QED) is 0.122. The number of carbonyl (C=O) groups excluding carboxylic acids is 4. The first-order valence-electron chi connectivity index (χ1n) is 28.4. The molecule has 8 rings (SSSR count). The van der Waals surface area contributed by atoms with Crippen molar-refractivity contribution in [2.45, 2.75) is 207 Å². The number of hydrogen-bond acceptors (Lipinski definition) is 8. The van der Waals surface area contributed by atoms with E-state index < -0.39 is 24.3 Å². The first kappa shape index (κ1) is 54.8. The summed E-state index contributed by atoms with van der Waals surface area (Å²) in [7, 11) is 2.68. The highest BCUT2D eigenvalue weighted by atomic mass is 16.5. The van der Waals surface area contributed by atoms with Crippen LogP contribution in [-0.4, -0.2) is 92.1 Å². The molecule has 14 nitrogen and oxygen atoms in total. The molecule has 4 N–H and O–H groups in total. The van der Waals surface area contributed by atoms with Crippen molar-refractivity contribution in [3.63, 3.8) is 0 Å². The number of benzene rings is 1. The molecule has 5 aliphatic rings. The minimum absolute atomic E-state index is 0.0489. The molecule has 2 saturated heterocycles. The Kier molecular flexibility index (Phi) is 18.2. The fourth-order valence-corrected chi connectivity index (χ4v) is 13.4. The fraction of sp³-hybridized carbons (Fsp3) is 0.667. The molecule has 0 spiro atoms. The van der Waals surface area contributed by atoms with Crippen LogP contribution in [0, 0.1) is 42.4 Å². The smallest absolute Gasteiger partial charge is 0.407 e. The summed E-state index contributed by atoms with van der Waals surface area (Å²) < 4.78 is 9.85. The lowest BCUT2D eigenvalue weighted by Crippen LogP contribution is -2.53. The molecule has 404 valence electrons. The van der Waals surface area contributed by atoms with Crippen LogP contribution in [0.1, 0.15) is 198 Å². The molecule has 9 unspecified atom stereocenters. The van der Waals surface area contributed by atoms with Crippen molar-refractivity contribution in [2.24, 2.45) is 35.5 Å². The van der Waals surface area contributed by atoms with Gasteiger partial charge in [-0.15, -0.1) is 0 Å². The number of nitrogens with one attached hydrogen (secondary N) is 4. The van der Waals surface area contributed by atoms with E-state index in [4.69, 9.17) is 19.4 Å². The molecule has 2 aliphatic heterocycles. The standard InChI is InChI=1S/C60H88N8O6/c1-35(2)53(65-59(71)73-9)57(69)67-49-20-13-11-16-44(49)33-51(67)55-61-40(8)46(62-55)19-15-18-43-30-38(6)24-27-41(26-23-37(5)22-25-39(43)7)31-42-28-29-47-48(32-42)64-56(63-47)52-34-45-17-12-14-21-50(45)68(52)58(70)54(36(3)4)66-60(72)74-10/h15,19,23,28-29,32,35-36,38,41,44-45,49-54H,11-14,16-18,20-22,24-27,30-31,33-34H2,1-10H3,(H,61,62)(H,63,64)(H,65,71)(H,66,72)/b19-15-,37-23+,43-39+/t38-,41?,44?,45?,49?,50?,51?,52?,53?,54?/m0/s1. The number of aromatic nitrogens is 4. The number of carbonyl (C=O) groups is 4. The molecule has 4 amide bonds. The third-order valence-electron chi connectivity index (χ3n) is 17.7. The Morgan fingerprint density at radius 3 is 1.92 bits per heavy atom. The molecular weight excluding hydrogens is 929 g/mol.